The van der Waals surface area contributed by atoms with Gasteiger partial charge in [-0.25, -0.2) is 0 Å². The second-order valence-electron chi connectivity index (χ2n) is 6.33. The summed E-state index contributed by atoms with van der Waals surface area (Å²) in [5.41, 5.74) is 0.194. The Morgan fingerprint density at radius 3 is 2.60 bits per heavy atom. The summed E-state index contributed by atoms with van der Waals surface area (Å²) in [6.07, 6.45) is 4.19. The van der Waals surface area contributed by atoms with Crippen LogP contribution in [0.1, 0.15) is 52.9 Å². The largest absolute Gasteiger partial charge is 0.393 e. The number of fused-ring (bicyclic) bond motifs is 1. The van der Waals surface area contributed by atoms with Crippen LogP contribution in [0.3, 0.4) is 0 Å². The molecule has 0 saturated heterocycles. The highest BCUT2D eigenvalue weighted by atomic mass is 16.3. The van der Waals surface area contributed by atoms with Gasteiger partial charge in [0.2, 0.25) is 0 Å². The van der Waals surface area contributed by atoms with E-state index in [1.807, 2.05) is 0 Å². The quantitative estimate of drug-likeness (QED) is 0.667. The van der Waals surface area contributed by atoms with E-state index in [1.54, 1.807) is 0 Å². The third-order valence-corrected chi connectivity index (χ3v) is 4.99. The number of aliphatic hydroxyl groups excluding tert-OH is 1. The number of aliphatic hydroxyl groups is 1. The van der Waals surface area contributed by atoms with E-state index >= 15 is 0 Å². The number of ketones is 1. The number of Topliss-reactive ketones (excluding diaryl/α,β-unsaturated/α-hetero) is 1. The molecule has 3 atom stereocenters. The van der Waals surface area contributed by atoms with Gasteiger partial charge in [-0.15, -0.1) is 0 Å². The van der Waals surface area contributed by atoms with E-state index in [4.69, 9.17) is 0 Å². The molecule has 2 nitrogen and oxygen atoms in total. The molecular weight excluding hydrogens is 188 g/mol. The third-order valence-electron chi connectivity index (χ3n) is 4.99. The molecular formula is C13H22O2. The summed E-state index contributed by atoms with van der Waals surface area (Å²) in [5.74, 6) is 0.759. The first kappa shape index (κ1) is 11.1. The zero-order chi connectivity index (χ0) is 11.3. The summed E-state index contributed by atoms with van der Waals surface area (Å²) in [6, 6.07) is 0. The van der Waals surface area contributed by atoms with Gasteiger partial charge < -0.3 is 5.11 Å². The van der Waals surface area contributed by atoms with E-state index in [-0.39, 0.29) is 16.9 Å². The molecule has 2 aliphatic rings. The van der Waals surface area contributed by atoms with Crippen LogP contribution in [0.15, 0.2) is 0 Å². The molecule has 2 aliphatic carbocycles. The van der Waals surface area contributed by atoms with Crippen molar-refractivity contribution in [1.82, 2.24) is 0 Å². The zero-order valence-corrected chi connectivity index (χ0v) is 10.0. The molecule has 1 N–H and O–H groups in total. The number of hydrogen-bond donors (Lipinski definition) is 1. The lowest BCUT2D eigenvalue weighted by atomic mass is 9.50. The lowest BCUT2D eigenvalue weighted by Crippen LogP contribution is -2.52. The third kappa shape index (κ3) is 1.63. The van der Waals surface area contributed by atoms with E-state index in [2.05, 4.69) is 20.8 Å². The smallest absolute Gasteiger partial charge is 0.133 e. The highest BCUT2D eigenvalue weighted by molar-refractivity contribution is 5.79. The summed E-state index contributed by atoms with van der Waals surface area (Å²) in [5, 5.41) is 10.1. The predicted octanol–water partition coefficient (Wildman–Crippen LogP) is 2.54. The minimum absolute atomic E-state index is 0.0942. The van der Waals surface area contributed by atoms with Crippen molar-refractivity contribution < 1.29 is 9.90 Å². The van der Waals surface area contributed by atoms with E-state index in [0.717, 1.165) is 25.7 Å². The van der Waals surface area contributed by atoms with Crippen molar-refractivity contribution in [2.75, 3.05) is 0 Å². The fourth-order valence-electron chi connectivity index (χ4n) is 3.71. The van der Waals surface area contributed by atoms with Gasteiger partial charge in [0.15, 0.2) is 0 Å². The van der Waals surface area contributed by atoms with Gasteiger partial charge in [-0.3, -0.25) is 4.79 Å². The highest BCUT2D eigenvalue weighted by Crippen LogP contribution is 2.56. The maximum atomic E-state index is 11.6. The molecule has 0 bridgehead atoms. The lowest BCUT2D eigenvalue weighted by Gasteiger charge is -2.55. The average Bonchev–Trinajstić information content (AvgIpc) is 2.16. The van der Waals surface area contributed by atoms with Crippen LogP contribution in [0.25, 0.3) is 0 Å². The van der Waals surface area contributed by atoms with Crippen LogP contribution < -0.4 is 0 Å². The Kier molecular flexibility index (Phi) is 2.45. The Morgan fingerprint density at radius 1 is 1.27 bits per heavy atom. The molecule has 15 heavy (non-hydrogen) atoms. The van der Waals surface area contributed by atoms with E-state index in [1.165, 1.54) is 0 Å². The Morgan fingerprint density at radius 2 is 1.93 bits per heavy atom. The minimum atomic E-state index is -0.235. The van der Waals surface area contributed by atoms with Gasteiger partial charge in [-0.2, -0.15) is 0 Å². The molecule has 0 aromatic carbocycles. The summed E-state index contributed by atoms with van der Waals surface area (Å²) in [4.78, 5) is 11.6. The maximum absolute atomic E-state index is 11.6. The monoisotopic (exact) mass is 210 g/mol. The van der Waals surface area contributed by atoms with Crippen LogP contribution in [-0.2, 0) is 4.79 Å². The summed E-state index contributed by atoms with van der Waals surface area (Å²) in [6.45, 7) is 6.55. The number of carbonyl (C=O) groups excluding carboxylic acids is 1. The Bertz CT molecular complexity index is 278. The van der Waals surface area contributed by atoms with Gasteiger partial charge in [0.1, 0.15) is 5.78 Å². The summed E-state index contributed by atoms with van der Waals surface area (Å²) in [7, 11) is 0. The molecule has 0 heterocycles. The molecule has 0 spiro atoms. The number of hydrogen-bond acceptors (Lipinski definition) is 2. The van der Waals surface area contributed by atoms with Crippen LogP contribution in [0.5, 0.6) is 0 Å². The second-order valence-corrected chi connectivity index (χ2v) is 6.33. The van der Waals surface area contributed by atoms with Gasteiger partial charge in [0.25, 0.3) is 0 Å². The van der Waals surface area contributed by atoms with Crippen molar-refractivity contribution in [1.29, 1.82) is 0 Å². The standard InChI is InChI=1S/C13H22O2/c1-12(2)10-8-9(14)4-6-13(10,3)7-5-11(12)15/h10-11,15H,4-8H2,1-3H3/t10-,11?,13+/m1/s1. The fraction of sp³-hybridized carbons (Fsp3) is 0.923. The van der Waals surface area contributed by atoms with E-state index < -0.39 is 0 Å². The van der Waals surface area contributed by atoms with Crippen molar-refractivity contribution in [3.63, 3.8) is 0 Å². The fourth-order valence-corrected chi connectivity index (χ4v) is 3.71. The SMILES string of the molecule is CC1(C)C(O)CC[C@]2(C)CCC(=O)C[C@H]12. The van der Waals surface area contributed by atoms with Crippen molar-refractivity contribution >= 4 is 5.78 Å². The first-order valence-corrected chi connectivity index (χ1v) is 6.06. The van der Waals surface area contributed by atoms with Crippen LogP contribution in [0.4, 0.5) is 0 Å². The molecule has 2 fully saturated rings. The van der Waals surface area contributed by atoms with Crippen molar-refractivity contribution in [3.05, 3.63) is 0 Å². The average molecular weight is 210 g/mol. The van der Waals surface area contributed by atoms with Gasteiger partial charge >= 0.3 is 0 Å². The topological polar surface area (TPSA) is 37.3 Å². The molecule has 0 aromatic rings. The Hall–Kier alpha value is -0.370. The molecule has 0 aromatic heterocycles. The molecule has 2 rings (SSSR count). The molecule has 0 amide bonds. The van der Waals surface area contributed by atoms with Crippen molar-refractivity contribution in [3.8, 4) is 0 Å². The zero-order valence-electron chi connectivity index (χ0n) is 10.0. The van der Waals surface area contributed by atoms with Gasteiger partial charge in [0.05, 0.1) is 6.10 Å². The Labute approximate surface area is 92.1 Å². The van der Waals surface area contributed by atoms with E-state index in [0.29, 0.717) is 18.1 Å². The maximum Gasteiger partial charge on any atom is 0.133 e. The molecule has 0 aliphatic heterocycles. The summed E-state index contributed by atoms with van der Waals surface area (Å²) < 4.78 is 0. The molecule has 2 saturated carbocycles. The first-order chi connectivity index (χ1) is 6.86. The van der Waals surface area contributed by atoms with Gasteiger partial charge in [-0.1, -0.05) is 20.8 Å². The van der Waals surface area contributed by atoms with Crippen LogP contribution in [0, 0.1) is 16.7 Å². The minimum Gasteiger partial charge on any atom is -0.393 e. The normalized spacial score (nSPS) is 44.9. The van der Waals surface area contributed by atoms with E-state index in [9.17, 15) is 9.90 Å². The second kappa shape index (κ2) is 3.31. The predicted molar refractivity (Wildman–Crippen MR) is 59.5 cm³/mol. The number of carbonyl (C=O) groups is 1. The molecule has 1 unspecified atom stereocenters. The van der Waals surface area contributed by atoms with Crippen LogP contribution >= 0.6 is 0 Å². The first-order valence-electron chi connectivity index (χ1n) is 6.06. The van der Waals surface area contributed by atoms with Gasteiger partial charge in [0, 0.05) is 12.8 Å². The molecule has 86 valence electrons. The molecule has 2 heteroatoms. The van der Waals surface area contributed by atoms with Crippen molar-refractivity contribution in [2.24, 2.45) is 16.7 Å². The van der Waals surface area contributed by atoms with Crippen LogP contribution in [-0.4, -0.2) is 17.0 Å². The highest BCUT2D eigenvalue weighted by Gasteiger charge is 2.52. The molecule has 0 radical (unpaired) electrons. The lowest BCUT2D eigenvalue weighted by molar-refractivity contribution is -0.142. The summed E-state index contributed by atoms with van der Waals surface area (Å²) >= 11 is 0. The number of rotatable bonds is 0. The Balaban J connectivity index is 2.30. The van der Waals surface area contributed by atoms with Crippen molar-refractivity contribution in [2.45, 2.75) is 59.0 Å². The van der Waals surface area contributed by atoms with Gasteiger partial charge in [-0.05, 0) is 36.0 Å². The van der Waals surface area contributed by atoms with Crippen LogP contribution in [0.2, 0.25) is 0 Å².